The van der Waals surface area contributed by atoms with Gasteiger partial charge in [-0.1, -0.05) is 0 Å². The molecule has 0 bridgehead atoms. The van der Waals surface area contributed by atoms with Crippen LogP contribution in [0.2, 0.25) is 0 Å². The predicted molar refractivity (Wildman–Crippen MR) is 71.1 cm³/mol. The maximum atomic E-state index is 12.1. The number of piperazine rings is 1. The summed E-state index contributed by atoms with van der Waals surface area (Å²) in [7, 11) is 1.82. The van der Waals surface area contributed by atoms with E-state index in [4.69, 9.17) is 0 Å². The summed E-state index contributed by atoms with van der Waals surface area (Å²) in [6.07, 6.45) is 3.38. The molecule has 1 saturated heterocycles. The lowest BCUT2D eigenvalue weighted by atomic mass is 10.2. The average molecular weight is 281 g/mol. The number of halogens is 2. The summed E-state index contributed by atoms with van der Waals surface area (Å²) in [5, 5.41) is 7.27. The number of hydrogen-bond acceptors (Lipinski definition) is 3. The summed E-state index contributed by atoms with van der Waals surface area (Å²) in [4.78, 5) is 14.0. The quantitative estimate of drug-likeness (QED) is 0.824. The Balaban J connectivity index is 0.00000128. The molecule has 0 radical (unpaired) electrons. The number of aromatic nitrogens is 2. The minimum Gasteiger partial charge on any atom is -0.333 e. The van der Waals surface area contributed by atoms with Gasteiger partial charge in [0.25, 0.3) is 5.91 Å². The van der Waals surface area contributed by atoms with Crippen molar-refractivity contribution in [2.45, 2.75) is 13.0 Å². The highest BCUT2D eigenvalue weighted by molar-refractivity contribution is 5.94. The fourth-order valence-corrected chi connectivity index (χ4v) is 1.84. The van der Waals surface area contributed by atoms with Crippen LogP contribution in [-0.4, -0.2) is 46.3 Å². The Morgan fingerprint density at radius 2 is 2.24 bits per heavy atom. The van der Waals surface area contributed by atoms with Crippen LogP contribution in [0.5, 0.6) is 0 Å². The number of nitrogens with zero attached hydrogens (tertiary/aromatic N) is 3. The van der Waals surface area contributed by atoms with E-state index >= 15 is 0 Å². The number of aryl methyl sites for hydroxylation is 1. The molecular weight excluding hydrogens is 263 g/mol. The van der Waals surface area contributed by atoms with E-state index in [1.54, 1.807) is 17.1 Å². The van der Waals surface area contributed by atoms with Crippen molar-refractivity contribution >= 4 is 30.7 Å². The summed E-state index contributed by atoms with van der Waals surface area (Å²) >= 11 is 0. The molecule has 0 saturated carbocycles. The topological polar surface area (TPSA) is 50.2 Å². The summed E-state index contributed by atoms with van der Waals surface area (Å²) < 4.78 is 1.65. The molecule has 0 aromatic carbocycles. The number of amides is 1. The van der Waals surface area contributed by atoms with Crippen LogP contribution in [0.4, 0.5) is 0 Å². The zero-order valence-electron chi connectivity index (χ0n) is 9.92. The molecule has 1 aromatic rings. The zero-order valence-corrected chi connectivity index (χ0v) is 11.6. The third-order valence-electron chi connectivity index (χ3n) is 2.71. The molecule has 2 heterocycles. The second-order valence-corrected chi connectivity index (χ2v) is 3.95. The van der Waals surface area contributed by atoms with Gasteiger partial charge in [-0.25, -0.2) is 0 Å². The largest absolute Gasteiger partial charge is 0.333 e. The first-order valence-electron chi connectivity index (χ1n) is 5.19. The Morgan fingerprint density at radius 1 is 1.53 bits per heavy atom. The first-order chi connectivity index (χ1) is 7.18. The molecule has 0 unspecified atom stereocenters. The van der Waals surface area contributed by atoms with Gasteiger partial charge in [-0.3, -0.25) is 9.48 Å². The molecule has 1 fully saturated rings. The lowest BCUT2D eigenvalue weighted by molar-refractivity contribution is 0.0655. The fraction of sp³-hybridized carbons (Fsp3) is 0.600. The van der Waals surface area contributed by atoms with Crippen LogP contribution in [0.1, 0.15) is 17.3 Å². The second kappa shape index (κ2) is 6.83. The van der Waals surface area contributed by atoms with Crippen LogP contribution in [-0.2, 0) is 7.05 Å². The number of rotatable bonds is 1. The Bertz CT molecular complexity index is 369. The molecule has 98 valence electrons. The highest BCUT2D eigenvalue weighted by Crippen LogP contribution is 2.09. The van der Waals surface area contributed by atoms with Gasteiger partial charge in [-0.2, -0.15) is 5.10 Å². The zero-order chi connectivity index (χ0) is 10.8. The van der Waals surface area contributed by atoms with Gasteiger partial charge < -0.3 is 10.2 Å². The Labute approximate surface area is 113 Å². The minimum atomic E-state index is 0. The van der Waals surface area contributed by atoms with Crippen LogP contribution in [0.15, 0.2) is 12.4 Å². The SMILES string of the molecule is C[C@H]1CNCCN1C(=O)c1cnn(C)c1.Cl.Cl. The van der Waals surface area contributed by atoms with Gasteiger partial charge in [0.1, 0.15) is 0 Å². The summed E-state index contributed by atoms with van der Waals surface area (Å²) in [6.45, 7) is 4.57. The van der Waals surface area contributed by atoms with Gasteiger partial charge in [-0.05, 0) is 6.92 Å². The van der Waals surface area contributed by atoms with Crippen LogP contribution in [0, 0.1) is 0 Å². The molecule has 7 heteroatoms. The van der Waals surface area contributed by atoms with E-state index in [1.165, 1.54) is 0 Å². The van der Waals surface area contributed by atoms with Gasteiger partial charge in [-0.15, -0.1) is 24.8 Å². The number of hydrogen-bond donors (Lipinski definition) is 1. The summed E-state index contributed by atoms with van der Waals surface area (Å²) in [5.74, 6) is 0.0806. The molecule has 0 aliphatic carbocycles. The molecule has 1 atom stereocenters. The van der Waals surface area contributed by atoms with E-state index < -0.39 is 0 Å². The van der Waals surface area contributed by atoms with Crippen molar-refractivity contribution in [3.05, 3.63) is 18.0 Å². The Morgan fingerprint density at radius 3 is 2.76 bits per heavy atom. The molecule has 1 amide bonds. The molecule has 1 aliphatic rings. The fourth-order valence-electron chi connectivity index (χ4n) is 1.84. The number of nitrogens with one attached hydrogen (secondary N) is 1. The lowest BCUT2D eigenvalue weighted by Gasteiger charge is -2.33. The van der Waals surface area contributed by atoms with Crippen molar-refractivity contribution in [2.75, 3.05) is 19.6 Å². The van der Waals surface area contributed by atoms with Crippen LogP contribution >= 0.6 is 24.8 Å². The van der Waals surface area contributed by atoms with Gasteiger partial charge in [0.05, 0.1) is 11.8 Å². The number of carbonyl (C=O) groups excluding carboxylic acids is 1. The molecular formula is C10H18Cl2N4O. The first kappa shape index (κ1) is 16.2. The highest BCUT2D eigenvalue weighted by atomic mass is 35.5. The molecule has 5 nitrogen and oxygen atoms in total. The summed E-state index contributed by atoms with van der Waals surface area (Å²) in [5.41, 5.74) is 0.672. The first-order valence-corrected chi connectivity index (χ1v) is 5.19. The standard InChI is InChI=1S/C10H16N4O.2ClH/c1-8-5-11-3-4-14(8)10(15)9-6-12-13(2)7-9;;/h6-8,11H,3-5H2,1-2H3;2*1H/t8-;;/m0../s1. The van der Waals surface area contributed by atoms with Crippen molar-refractivity contribution in [3.63, 3.8) is 0 Å². The van der Waals surface area contributed by atoms with E-state index in [1.807, 2.05) is 11.9 Å². The van der Waals surface area contributed by atoms with E-state index in [2.05, 4.69) is 17.3 Å². The third kappa shape index (κ3) is 3.59. The molecule has 1 aliphatic heterocycles. The maximum absolute atomic E-state index is 12.1. The predicted octanol–water partition coefficient (Wildman–Crippen LogP) is 0.698. The highest BCUT2D eigenvalue weighted by Gasteiger charge is 2.24. The second-order valence-electron chi connectivity index (χ2n) is 3.95. The Kier molecular flexibility index (Phi) is 6.52. The van der Waals surface area contributed by atoms with Gasteiger partial charge in [0.2, 0.25) is 0 Å². The average Bonchev–Trinajstić information content (AvgIpc) is 2.65. The molecule has 17 heavy (non-hydrogen) atoms. The van der Waals surface area contributed by atoms with E-state index in [-0.39, 0.29) is 36.8 Å². The lowest BCUT2D eigenvalue weighted by Crippen LogP contribution is -2.52. The van der Waals surface area contributed by atoms with E-state index in [0.717, 1.165) is 19.6 Å². The van der Waals surface area contributed by atoms with Gasteiger partial charge >= 0.3 is 0 Å². The van der Waals surface area contributed by atoms with Crippen LogP contribution < -0.4 is 5.32 Å². The van der Waals surface area contributed by atoms with Gasteiger partial charge in [0, 0.05) is 38.9 Å². The molecule has 1 aromatic heterocycles. The van der Waals surface area contributed by atoms with Gasteiger partial charge in [0.15, 0.2) is 0 Å². The Hall–Kier alpha value is -0.780. The monoisotopic (exact) mass is 280 g/mol. The van der Waals surface area contributed by atoms with E-state index in [9.17, 15) is 4.79 Å². The molecule has 2 rings (SSSR count). The van der Waals surface area contributed by atoms with E-state index in [0.29, 0.717) is 5.56 Å². The maximum Gasteiger partial charge on any atom is 0.257 e. The van der Waals surface area contributed by atoms with Crippen molar-refractivity contribution in [1.29, 1.82) is 0 Å². The van der Waals surface area contributed by atoms with Crippen molar-refractivity contribution < 1.29 is 4.79 Å². The molecule has 0 spiro atoms. The van der Waals surface area contributed by atoms with Crippen LogP contribution in [0.25, 0.3) is 0 Å². The van der Waals surface area contributed by atoms with Crippen molar-refractivity contribution in [1.82, 2.24) is 20.0 Å². The normalized spacial score (nSPS) is 19.2. The third-order valence-corrected chi connectivity index (χ3v) is 2.71. The number of carbonyl (C=O) groups is 1. The summed E-state index contributed by atoms with van der Waals surface area (Å²) in [6, 6.07) is 0.256. The van der Waals surface area contributed by atoms with Crippen molar-refractivity contribution in [2.24, 2.45) is 7.05 Å². The smallest absolute Gasteiger partial charge is 0.257 e. The van der Waals surface area contributed by atoms with Crippen molar-refractivity contribution in [3.8, 4) is 0 Å². The molecule has 1 N–H and O–H groups in total. The minimum absolute atomic E-state index is 0. The van der Waals surface area contributed by atoms with Crippen LogP contribution in [0.3, 0.4) is 0 Å².